The van der Waals surface area contributed by atoms with Gasteiger partial charge in [-0.05, 0) is 43.7 Å². The Labute approximate surface area is 196 Å². The first-order chi connectivity index (χ1) is 16.5. The zero-order chi connectivity index (χ0) is 25.2. The number of fused-ring (bicyclic) bond motifs is 2. The van der Waals surface area contributed by atoms with Gasteiger partial charge in [-0.3, -0.25) is 9.59 Å². The van der Waals surface area contributed by atoms with E-state index in [2.05, 4.69) is 4.98 Å². The Morgan fingerprint density at radius 1 is 1.14 bits per heavy atom. The lowest BCUT2D eigenvalue weighted by Gasteiger charge is -2.35. The van der Waals surface area contributed by atoms with E-state index >= 15 is 0 Å². The monoisotopic (exact) mass is 487 g/mol. The van der Waals surface area contributed by atoms with Gasteiger partial charge in [0.25, 0.3) is 11.5 Å². The Kier molecular flexibility index (Phi) is 5.11. The molecule has 0 unspecified atom stereocenters. The number of amides is 1. The number of carbonyl (C=O) groups is 1. The number of pyridine rings is 1. The second-order valence-corrected chi connectivity index (χ2v) is 8.84. The zero-order valence-electron chi connectivity index (χ0n) is 19.1. The molecule has 35 heavy (non-hydrogen) atoms. The van der Waals surface area contributed by atoms with Gasteiger partial charge in [-0.15, -0.1) is 0 Å². The lowest BCUT2D eigenvalue weighted by molar-refractivity contribution is -0.139. The number of alkyl halides is 3. The standard InChI is InChI=1S/C24H21F4N5O2/c1-13-8-31(12-29-13)19-4-5-20-23(35)32(14(2)9-33(20)22(19)34)11-15-10-30(3)21-7-17(24(26,27)28)18(25)6-16(15)21/h4-8,10,12,14H,9,11H2,1-3H3/t14-/m1/s1. The third kappa shape index (κ3) is 3.71. The average molecular weight is 487 g/mol. The molecule has 0 N–H and O–H groups in total. The number of rotatable bonds is 3. The van der Waals surface area contributed by atoms with E-state index < -0.39 is 23.5 Å². The van der Waals surface area contributed by atoms with E-state index in [1.54, 1.807) is 54.9 Å². The largest absolute Gasteiger partial charge is 0.419 e. The Bertz CT molecular complexity index is 1550. The topological polar surface area (TPSA) is 65.1 Å². The molecule has 1 aliphatic rings. The van der Waals surface area contributed by atoms with E-state index in [9.17, 15) is 27.2 Å². The SMILES string of the molecule is Cc1cn(-c2ccc3n(c2=O)C[C@@H](C)N(Cc2cn(C)c4cc(C(F)(F)F)c(F)cc24)C3=O)cn1. The summed E-state index contributed by atoms with van der Waals surface area (Å²) in [6.07, 6.45) is 0.0267. The summed E-state index contributed by atoms with van der Waals surface area (Å²) >= 11 is 0. The van der Waals surface area contributed by atoms with Gasteiger partial charge < -0.3 is 18.6 Å². The highest BCUT2D eigenvalue weighted by atomic mass is 19.4. The van der Waals surface area contributed by atoms with Crippen LogP contribution in [0.1, 0.15) is 34.2 Å². The molecule has 7 nitrogen and oxygen atoms in total. The molecule has 0 fully saturated rings. The summed E-state index contributed by atoms with van der Waals surface area (Å²) < 4.78 is 58.3. The second-order valence-electron chi connectivity index (χ2n) is 8.84. The van der Waals surface area contributed by atoms with Crippen molar-refractivity contribution in [3.8, 4) is 5.69 Å². The van der Waals surface area contributed by atoms with Gasteiger partial charge in [-0.2, -0.15) is 13.2 Å². The fourth-order valence-corrected chi connectivity index (χ4v) is 4.63. The fourth-order valence-electron chi connectivity index (χ4n) is 4.63. The number of nitrogens with zero attached hydrogens (tertiary/aromatic N) is 5. The number of aromatic nitrogens is 4. The molecule has 0 saturated carbocycles. The predicted octanol–water partition coefficient (Wildman–Crippen LogP) is 4.04. The van der Waals surface area contributed by atoms with E-state index in [4.69, 9.17) is 0 Å². The highest BCUT2D eigenvalue weighted by molar-refractivity contribution is 5.94. The van der Waals surface area contributed by atoms with E-state index in [1.807, 2.05) is 0 Å². The van der Waals surface area contributed by atoms with Crippen molar-refractivity contribution in [3.05, 3.63) is 81.7 Å². The summed E-state index contributed by atoms with van der Waals surface area (Å²) in [6, 6.07) is 4.40. The molecular formula is C24H21F4N5O2. The molecule has 1 aromatic carbocycles. The van der Waals surface area contributed by atoms with E-state index in [0.29, 0.717) is 16.6 Å². The van der Waals surface area contributed by atoms with Gasteiger partial charge in [-0.1, -0.05) is 0 Å². The first kappa shape index (κ1) is 22.9. The Morgan fingerprint density at radius 3 is 2.54 bits per heavy atom. The number of carbonyl (C=O) groups excluding carboxylic acids is 1. The van der Waals surface area contributed by atoms with Crippen molar-refractivity contribution < 1.29 is 22.4 Å². The van der Waals surface area contributed by atoms with Gasteiger partial charge in [0.15, 0.2) is 0 Å². The predicted molar refractivity (Wildman–Crippen MR) is 120 cm³/mol. The van der Waals surface area contributed by atoms with Crippen molar-refractivity contribution in [2.24, 2.45) is 7.05 Å². The van der Waals surface area contributed by atoms with Crippen LogP contribution < -0.4 is 5.56 Å². The quantitative estimate of drug-likeness (QED) is 0.410. The molecule has 0 saturated heterocycles. The van der Waals surface area contributed by atoms with Crippen LogP contribution in [0.4, 0.5) is 17.6 Å². The lowest BCUT2D eigenvalue weighted by Crippen LogP contribution is -2.49. The van der Waals surface area contributed by atoms with Gasteiger partial charge in [0.05, 0.1) is 17.6 Å². The third-order valence-electron chi connectivity index (χ3n) is 6.41. The molecule has 0 spiro atoms. The molecule has 4 heterocycles. The minimum Gasteiger partial charge on any atom is -0.350 e. The minimum absolute atomic E-state index is 0.0544. The Morgan fingerprint density at radius 2 is 1.89 bits per heavy atom. The number of hydrogen-bond donors (Lipinski definition) is 0. The van der Waals surface area contributed by atoms with Crippen LogP contribution in [0.15, 0.2) is 47.8 Å². The lowest BCUT2D eigenvalue weighted by atomic mass is 10.1. The molecule has 11 heteroatoms. The third-order valence-corrected chi connectivity index (χ3v) is 6.41. The molecule has 3 aromatic heterocycles. The maximum atomic E-state index is 14.3. The van der Waals surface area contributed by atoms with Gasteiger partial charge >= 0.3 is 6.18 Å². The normalized spacial score (nSPS) is 16.3. The number of hydrogen-bond acceptors (Lipinski definition) is 3. The van der Waals surface area contributed by atoms with Crippen molar-refractivity contribution >= 4 is 16.8 Å². The molecule has 1 aliphatic heterocycles. The Balaban J connectivity index is 1.51. The van der Waals surface area contributed by atoms with E-state index in [0.717, 1.165) is 17.8 Å². The van der Waals surface area contributed by atoms with Crippen LogP contribution in [0.25, 0.3) is 16.6 Å². The Hall–Kier alpha value is -3.89. The molecule has 5 rings (SSSR count). The van der Waals surface area contributed by atoms with Crippen LogP contribution in [0.2, 0.25) is 0 Å². The summed E-state index contributed by atoms with van der Waals surface area (Å²) in [5.41, 5.74) is 0.382. The van der Waals surface area contributed by atoms with Gasteiger partial charge in [0.1, 0.15) is 17.2 Å². The van der Waals surface area contributed by atoms with Gasteiger partial charge in [-0.25, -0.2) is 9.37 Å². The summed E-state index contributed by atoms with van der Waals surface area (Å²) in [6.45, 7) is 3.88. The van der Waals surface area contributed by atoms with Crippen molar-refractivity contribution in [1.29, 1.82) is 0 Å². The summed E-state index contributed by atoms with van der Waals surface area (Å²) in [4.78, 5) is 32.1. The maximum Gasteiger partial charge on any atom is 0.419 e. The highest BCUT2D eigenvalue weighted by Crippen LogP contribution is 2.35. The molecule has 0 aliphatic carbocycles. The van der Waals surface area contributed by atoms with Crippen LogP contribution in [0, 0.1) is 12.7 Å². The zero-order valence-corrected chi connectivity index (χ0v) is 19.1. The fraction of sp³-hybridized carbons (Fsp3) is 0.292. The molecule has 0 radical (unpaired) electrons. The van der Waals surface area contributed by atoms with E-state index in [-0.39, 0.29) is 35.9 Å². The number of benzene rings is 1. The van der Waals surface area contributed by atoms with Crippen LogP contribution in [0.3, 0.4) is 0 Å². The maximum absolute atomic E-state index is 14.3. The van der Waals surface area contributed by atoms with Crippen LogP contribution in [-0.2, 0) is 26.3 Å². The van der Waals surface area contributed by atoms with Crippen LogP contribution in [-0.4, -0.2) is 35.5 Å². The molecule has 1 amide bonds. The second kappa shape index (κ2) is 7.82. The smallest absolute Gasteiger partial charge is 0.350 e. The molecular weight excluding hydrogens is 466 g/mol. The molecule has 1 atom stereocenters. The first-order valence-electron chi connectivity index (χ1n) is 10.9. The number of halogens is 4. The van der Waals surface area contributed by atoms with Crippen molar-refractivity contribution in [1.82, 2.24) is 23.6 Å². The first-order valence-corrected chi connectivity index (χ1v) is 10.9. The minimum atomic E-state index is -4.81. The van der Waals surface area contributed by atoms with Crippen LogP contribution >= 0.6 is 0 Å². The molecule has 0 bridgehead atoms. The van der Waals surface area contributed by atoms with Crippen LogP contribution in [0.5, 0.6) is 0 Å². The van der Waals surface area contributed by atoms with Crippen molar-refractivity contribution in [3.63, 3.8) is 0 Å². The summed E-state index contributed by atoms with van der Waals surface area (Å²) in [5.74, 6) is -1.76. The van der Waals surface area contributed by atoms with E-state index in [1.165, 1.54) is 15.5 Å². The summed E-state index contributed by atoms with van der Waals surface area (Å²) in [5, 5.41) is 0.298. The van der Waals surface area contributed by atoms with Gasteiger partial charge in [0, 0.05) is 49.5 Å². The molecule has 4 aromatic rings. The molecule has 182 valence electrons. The summed E-state index contributed by atoms with van der Waals surface area (Å²) in [7, 11) is 1.57. The number of imidazole rings is 1. The van der Waals surface area contributed by atoms with Crippen molar-refractivity contribution in [2.45, 2.75) is 39.2 Å². The van der Waals surface area contributed by atoms with Gasteiger partial charge in [0.2, 0.25) is 0 Å². The van der Waals surface area contributed by atoms with Crippen molar-refractivity contribution in [2.75, 3.05) is 0 Å². The highest BCUT2D eigenvalue weighted by Gasteiger charge is 2.36. The average Bonchev–Trinajstić information content (AvgIpc) is 3.33. The number of aryl methyl sites for hydroxylation is 2.